The summed E-state index contributed by atoms with van der Waals surface area (Å²) < 4.78 is 6.95. The predicted molar refractivity (Wildman–Crippen MR) is 109 cm³/mol. The Labute approximate surface area is 168 Å². The quantitative estimate of drug-likeness (QED) is 0.570. The molecule has 0 aliphatic carbocycles. The molecular formula is C21H22N6O2. The molecule has 8 nitrogen and oxygen atoms in total. The van der Waals surface area contributed by atoms with Gasteiger partial charge < -0.3 is 15.8 Å². The lowest BCUT2D eigenvalue weighted by molar-refractivity contribution is 0.0948. The maximum absolute atomic E-state index is 12.4. The summed E-state index contributed by atoms with van der Waals surface area (Å²) in [5, 5.41) is 16.8. The summed E-state index contributed by atoms with van der Waals surface area (Å²) in [7, 11) is 0. The van der Waals surface area contributed by atoms with Crippen LogP contribution in [0.3, 0.4) is 0 Å². The van der Waals surface area contributed by atoms with Gasteiger partial charge >= 0.3 is 0 Å². The number of aromatic nitrogens is 3. The summed E-state index contributed by atoms with van der Waals surface area (Å²) >= 11 is 0. The van der Waals surface area contributed by atoms with Crippen molar-refractivity contribution in [1.29, 1.82) is 5.26 Å². The molecule has 0 aliphatic rings. The number of aryl methyl sites for hydroxylation is 1. The van der Waals surface area contributed by atoms with Gasteiger partial charge in [-0.2, -0.15) is 10.4 Å². The van der Waals surface area contributed by atoms with E-state index in [1.165, 1.54) is 0 Å². The second-order valence-corrected chi connectivity index (χ2v) is 6.21. The molecule has 8 heteroatoms. The number of nitrogens with one attached hydrogen (secondary N) is 1. The van der Waals surface area contributed by atoms with E-state index in [1.54, 1.807) is 23.0 Å². The van der Waals surface area contributed by atoms with E-state index in [1.807, 2.05) is 37.3 Å². The van der Waals surface area contributed by atoms with Crippen LogP contribution in [0.15, 0.2) is 48.7 Å². The molecule has 0 spiro atoms. The SMILES string of the molecule is CCOc1ncccc1C(=O)NCCCc1nn(-c2ccccc2)c(N)c1C#N. The molecule has 0 unspecified atom stereocenters. The second kappa shape index (κ2) is 9.37. The standard InChI is InChI=1S/C21H22N6O2/c1-2-29-21-16(10-6-13-25-21)20(28)24-12-7-11-18-17(14-22)19(23)27(26-18)15-8-4-3-5-9-15/h3-6,8-10,13H,2,7,11-12,23H2,1H3,(H,24,28). The smallest absolute Gasteiger partial charge is 0.256 e. The number of ether oxygens (including phenoxy) is 1. The monoisotopic (exact) mass is 390 g/mol. The number of nitrogens with two attached hydrogens (primary N) is 1. The van der Waals surface area contributed by atoms with Gasteiger partial charge in [-0.25, -0.2) is 9.67 Å². The van der Waals surface area contributed by atoms with Gasteiger partial charge in [-0.05, 0) is 44.0 Å². The number of hydrogen-bond donors (Lipinski definition) is 2. The van der Waals surface area contributed by atoms with Crippen molar-refractivity contribution >= 4 is 11.7 Å². The molecule has 2 heterocycles. The van der Waals surface area contributed by atoms with Gasteiger partial charge in [-0.3, -0.25) is 4.79 Å². The van der Waals surface area contributed by atoms with E-state index >= 15 is 0 Å². The molecule has 2 aromatic heterocycles. The number of benzene rings is 1. The topological polar surface area (TPSA) is 119 Å². The molecule has 148 valence electrons. The van der Waals surface area contributed by atoms with Crippen LogP contribution in [0.1, 0.15) is 35.0 Å². The van der Waals surface area contributed by atoms with Gasteiger partial charge in [0.2, 0.25) is 5.88 Å². The van der Waals surface area contributed by atoms with Crippen molar-refractivity contribution in [1.82, 2.24) is 20.1 Å². The maximum Gasteiger partial charge on any atom is 0.256 e. The first kappa shape index (κ1) is 19.9. The Morgan fingerprint density at radius 3 is 2.79 bits per heavy atom. The molecule has 0 fully saturated rings. The molecule has 0 saturated carbocycles. The molecule has 0 bridgehead atoms. The molecule has 3 rings (SSSR count). The average Bonchev–Trinajstić information content (AvgIpc) is 3.07. The van der Waals surface area contributed by atoms with Gasteiger partial charge in [0.25, 0.3) is 5.91 Å². The Bertz CT molecular complexity index is 1020. The highest BCUT2D eigenvalue weighted by Gasteiger charge is 2.17. The first-order valence-corrected chi connectivity index (χ1v) is 9.34. The van der Waals surface area contributed by atoms with Crippen LogP contribution < -0.4 is 15.8 Å². The number of pyridine rings is 1. The molecule has 1 amide bonds. The third kappa shape index (κ3) is 4.52. The summed E-state index contributed by atoms with van der Waals surface area (Å²) in [6.45, 7) is 2.69. The zero-order valence-electron chi connectivity index (χ0n) is 16.1. The van der Waals surface area contributed by atoms with E-state index in [4.69, 9.17) is 10.5 Å². The third-order valence-electron chi connectivity index (χ3n) is 4.28. The van der Waals surface area contributed by atoms with Crippen molar-refractivity contribution < 1.29 is 9.53 Å². The van der Waals surface area contributed by atoms with Crippen LogP contribution in [0.25, 0.3) is 5.69 Å². The number of hydrogen-bond acceptors (Lipinski definition) is 6. The second-order valence-electron chi connectivity index (χ2n) is 6.21. The van der Waals surface area contributed by atoms with Gasteiger partial charge in [-0.1, -0.05) is 18.2 Å². The highest BCUT2D eigenvalue weighted by atomic mass is 16.5. The number of rotatable bonds is 8. The fraction of sp³-hybridized carbons (Fsp3) is 0.238. The van der Waals surface area contributed by atoms with Crippen molar-refractivity contribution in [2.75, 3.05) is 18.9 Å². The molecule has 3 N–H and O–H groups in total. The van der Waals surface area contributed by atoms with Crippen LogP contribution in [-0.2, 0) is 6.42 Å². The summed E-state index contributed by atoms with van der Waals surface area (Å²) in [5.41, 5.74) is 8.27. The largest absolute Gasteiger partial charge is 0.477 e. The van der Waals surface area contributed by atoms with Gasteiger partial charge in [0.15, 0.2) is 0 Å². The zero-order chi connectivity index (χ0) is 20.6. The number of amides is 1. The molecule has 1 aromatic carbocycles. The molecule has 29 heavy (non-hydrogen) atoms. The van der Waals surface area contributed by atoms with Crippen LogP contribution in [0.4, 0.5) is 5.82 Å². The number of para-hydroxylation sites is 1. The minimum Gasteiger partial charge on any atom is -0.477 e. The Morgan fingerprint density at radius 2 is 2.07 bits per heavy atom. The summed E-state index contributed by atoms with van der Waals surface area (Å²) in [6.07, 6.45) is 2.70. The molecule has 0 radical (unpaired) electrons. The minimum absolute atomic E-state index is 0.253. The molecular weight excluding hydrogens is 368 g/mol. The van der Waals surface area contributed by atoms with E-state index in [0.29, 0.717) is 54.5 Å². The van der Waals surface area contributed by atoms with E-state index in [9.17, 15) is 10.1 Å². The Hall–Kier alpha value is -3.86. The fourth-order valence-corrected chi connectivity index (χ4v) is 2.91. The van der Waals surface area contributed by atoms with Crippen LogP contribution in [-0.4, -0.2) is 33.8 Å². The number of carbonyl (C=O) groups excluding carboxylic acids is 1. The highest BCUT2D eigenvalue weighted by Crippen LogP contribution is 2.21. The third-order valence-corrected chi connectivity index (χ3v) is 4.28. The van der Waals surface area contributed by atoms with Gasteiger partial charge in [0.1, 0.15) is 23.0 Å². The van der Waals surface area contributed by atoms with E-state index in [-0.39, 0.29) is 5.91 Å². The Balaban J connectivity index is 1.63. The average molecular weight is 390 g/mol. The summed E-state index contributed by atoms with van der Waals surface area (Å²) in [5.74, 6) is 0.375. The molecule has 0 aliphatic heterocycles. The lowest BCUT2D eigenvalue weighted by atomic mass is 10.1. The maximum atomic E-state index is 12.4. The lowest BCUT2D eigenvalue weighted by Crippen LogP contribution is -2.25. The predicted octanol–water partition coefficient (Wildman–Crippen LogP) is 2.48. The number of nitriles is 1. The zero-order valence-corrected chi connectivity index (χ0v) is 16.1. The highest BCUT2D eigenvalue weighted by molar-refractivity contribution is 5.96. The first-order chi connectivity index (χ1) is 14.2. The number of anilines is 1. The summed E-state index contributed by atoms with van der Waals surface area (Å²) in [4.78, 5) is 16.5. The van der Waals surface area contributed by atoms with E-state index in [2.05, 4.69) is 21.5 Å². The van der Waals surface area contributed by atoms with Crippen molar-refractivity contribution in [2.24, 2.45) is 0 Å². The number of carbonyl (C=O) groups is 1. The van der Waals surface area contributed by atoms with Crippen LogP contribution in [0.5, 0.6) is 5.88 Å². The van der Waals surface area contributed by atoms with E-state index in [0.717, 1.165) is 5.69 Å². The fourth-order valence-electron chi connectivity index (χ4n) is 2.91. The van der Waals surface area contributed by atoms with Crippen molar-refractivity contribution in [2.45, 2.75) is 19.8 Å². The molecule has 0 saturated heterocycles. The summed E-state index contributed by atoms with van der Waals surface area (Å²) in [6, 6.07) is 14.9. The van der Waals surface area contributed by atoms with Gasteiger partial charge in [0.05, 0.1) is 18.0 Å². The normalized spacial score (nSPS) is 10.3. The molecule has 3 aromatic rings. The van der Waals surface area contributed by atoms with Gasteiger partial charge in [0, 0.05) is 12.7 Å². The molecule has 0 atom stereocenters. The first-order valence-electron chi connectivity index (χ1n) is 9.34. The van der Waals surface area contributed by atoms with Crippen LogP contribution in [0.2, 0.25) is 0 Å². The number of nitrogen functional groups attached to an aromatic ring is 1. The van der Waals surface area contributed by atoms with Crippen molar-refractivity contribution in [3.63, 3.8) is 0 Å². The Kier molecular flexibility index (Phi) is 6.43. The van der Waals surface area contributed by atoms with Crippen molar-refractivity contribution in [3.05, 3.63) is 65.5 Å². The van der Waals surface area contributed by atoms with Crippen LogP contribution in [0, 0.1) is 11.3 Å². The minimum atomic E-state index is -0.253. The van der Waals surface area contributed by atoms with Crippen molar-refractivity contribution in [3.8, 4) is 17.6 Å². The van der Waals surface area contributed by atoms with Crippen LogP contribution >= 0.6 is 0 Å². The number of nitrogens with zero attached hydrogens (tertiary/aromatic N) is 4. The van der Waals surface area contributed by atoms with Gasteiger partial charge in [-0.15, -0.1) is 0 Å². The van der Waals surface area contributed by atoms with E-state index < -0.39 is 0 Å². The Morgan fingerprint density at radius 1 is 1.28 bits per heavy atom. The lowest BCUT2D eigenvalue weighted by Gasteiger charge is -2.09.